The first-order valence-corrected chi connectivity index (χ1v) is 6.90. The second kappa shape index (κ2) is 4.49. The number of primary sulfonamides is 1. The van der Waals surface area contributed by atoms with Crippen molar-refractivity contribution in [3.8, 4) is 0 Å². The van der Waals surface area contributed by atoms with Gasteiger partial charge in [0.25, 0.3) is 0 Å². The minimum absolute atomic E-state index is 0.0826. The number of benzene rings is 2. The van der Waals surface area contributed by atoms with E-state index in [9.17, 15) is 13.2 Å². The molecule has 19 heavy (non-hydrogen) atoms. The highest BCUT2D eigenvalue weighted by Crippen LogP contribution is 2.30. The molecule has 0 radical (unpaired) electrons. The quantitative estimate of drug-likeness (QED) is 0.817. The van der Waals surface area contributed by atoms with Gasteiger partial charge in [0, 0.05) is 11.1 Å². The third-order valence-electron chi connectivity index (χ3n) is 2.80. The molecule has 0 spiro atoms. The van der Waals surface area contributed by atoms with E-state index in [0.717, 1.165) is 5.39 Å². The number of nitrogens with two attached hydrogens (primary N) is 2. The first kappa shape index (κ1) is 13.3. The number of carbonyl (C=O) groups excluding carboxylic acids is 1. The zero-order valence-electron chi connectivity index (χ0n) is 9.96. The molecule has 2 aromatic carbocycles. The van der Waals surface area contributed by atoms with Crippen LogP contribution in [0.3, 0.4) is 0 Å². The lowest BCUT2D eigenvalue weighted by Crippen LogP contribution is -2.18. The first-order chi connectivity index (χ1) is 8.82. The van der Waals surface area contributed by atoms with Gasteiger partial charge in [-0.3, -0.25) is 4.79 Å². The molecule has 0 atom stereocenters. The maximum Gasteiger partial charge on any atom is 0.248 e. The standard InChI is InChI=1S/C13H12N2O3S/c1-8(13(14)16)12-10-5-3-2-4-9(10)6-7-11(12)19(15,17)18/h2-7H,1H2,(H2,14,16)(H2,15,17,18). The average Bonchev–Trinajstić information content (AvgIpc) is 2.35. The van der Waals surface area contributed by atoms with Gasteiger partial charge in [0.2, 0.25) is 15.9 Å². The van der Waals surface area contributed by atoms with Crippen molar-refractivity contribution in [1.82, 2.24) is 0 Å². The monoisotopic (exact) mass is 276 g/mol. The molecule has 2 aromatic rings. The van der Waals surface area contributed by atoms with Crippen LogP contribution in [-0.2, 0) is 14.8 Å². The Bertz CT molecular complexity index is 795. The van der Waals surface area contributed by atoms with Crippen LogP contribution < -0.4 is 10.9 Å². The smallest absolute Gasteiger partial charge is 0.248 e. The third-order valence-corrected chi connectivity index (χ3v) is 3.75. The summed E-state index contributed by atoms with van der Waals surface area (Å²) in [4.78, 5) is 11.2. The Hall–Kier alpha value is -2.18. The highest BCUT2D eigenvalue weighted by Gasteiger charge is 2.20. The van der Waals surface area contributed by atoms with Crippen LogP contribution in [0.15, 0.2) is 47.9 Å². The fraction of sp³-hybridized carbons (Fsp3) is 0. The van der Waals surface area contributed by atoms with Crippen LogP contribution in [0, 0.1) is 0 Å². The summed E-state index contributed by atoms with van der Waals surface area (Å²) in [5.74, 6) is -0.791. The van der Waals surface area contributed by atoms with Gasteiger partial charge in [-0.1, -0.05) is 36.9 Å². The third kappa shape index (κ3) is 2.35. The Morgan fingerprint density at radius 3 is 2.32 bits per heavy atom. The van der Waals surface area contributed by atoms with Gasteiger partial charge in [-0.05, 0) is 16.8 Å². The van der Waals surface area contributed by atoms with Crippen LogP contribution in [0.25, 0.3) is 16.3 Å². The van der Waals surface area contributed by atoms with Crippen molar-refractivity contribution in [2.75, 3.05) is 0 Å². The van der Waals surface area contributed by atoms with Crippen molar-refractivity contribution >= 4 is 32.3 Å². The van der Waals surface area contributed by atoms with Crippen molar-refractivity contribution in [3.05, 3.63) is 48.5 Å². The molecule has 0 aliphatic heterocycles. The zero-order chi connectivity index (χ0) is 14.2. The van der Waals surface area contributed by atoms with E-state index < -0.39 is 15.9 Å². The Morgan fingerprint density at radius 2 is 1.74 bits per heavy atom. The Morgan fingerprint density at radius 1 is 1.11 bits per heavy atom. The van der Waals surface area contributed by atoms with Crippen molar-refractivity contribution in [2.24, 2.45) is 10.9 Å². The number of amides is 1. The molecule has 0 unspecified atom stereocenters. The number of fused-ring (bicyclic) bond motifs is 1. The fourth-order valence-electron chi connectivity index (χ4n) is 1.92. The van der Waals surface area contributed by atoms with E-state index in [1.54, 1.807) is 30.3 Å². The molecule has 0 bridgehead atoms. The fourth-order valence-corrected chi connectivity index (χ4v) is 2.70. The van der Waals surface area contributed by atoms with E-state index in [1.165, 1.54) is 6.07 Å². The molecule has 5 nitrogen and oxygen atoms in total. The van der Waals surface area contributed by atoms with Crippen LogP contribution in [0.4, 0.5) is 0 Å². The highest BCUT2D eigenvalue weighted by atomic mass is 32.2. The van der Waals surface area contributed by atoms with E-state index in [1.807, 2.05) is 0 Å². The Labute approximate surface area is 110 Å². The molecule has 1 amide bonds. The summed E-state index contributed by atoms with van der Waals surface area (Å²) in [6.45, 7) is 3.55. The Kier molecular flexibility index (Phi) is 3.13. The summed E-state index contributed by atoms with van der Waals surface area (Å²) in [6.07, 6.45) is 0. The topological polar surface area (TPSA) is 103 Å². The summed E-state index contributed by atoms with van der Waals surface area (Å²) in [5.41, 5.74) is 5.27. The number of hydrogen-bond donors (Lipinski definition) is 2. The lowest BCUT2D eigenvalue weighted by molar-refractivity contribution is -0.112. The molecule has 0 saturated heterocycles. The molecule has 98 valence electrons. The van der Waals surface area contributed by atoms with Gasteiger partial charge in [-0.15, -0.1) is 0 Å². The highest BCUT2D eigenvalue weighted by molar-refractivity contribution is 7.89. The van der Waals surface area contributed by atoms with E-state index in [-0.39, 0.29) is 16.0 Å². The van der Waals surface area contributed by atoms with Gasteiger partial charge >= 0.3 is 0 Å². The molecule has 4 N–H and O–H groups in total. The maximum absolute atomic E-state index is 11.6. The van der Waals surface area contributed by atoms with Crippen LogP contribution in [0.5, 0.6) is 0 Å². The second-order valence-corrected chi connectivity index (χ2v) is 5.58. The normalized spacial score (nSPS) is 11.4. The van der Waals surface area contributed by atoms with Crippen molar-refractivity contribution in [3.63, 3.8) is 0 Å². The van der Waals surface area contributed by atoms with E-state index in [0.29, 0.717) is 5.39 Å². The molecule has 0 saturated carbocycles. The summed E-state index contributed by atoms with van der Waals surface area (Å²) in [6, 6.07) is 9.98. The van der Waals surface area contributed by atoms with Crippen molar-refractivity contribution < 1.29 is 13.2 Å². The SMILES string of the molecule is C=C(C(N)=O)c1c(S(N)(=O)=O)ccc2ccccc12. The molecular formula is C13H12N2O3S. The van der Waals surface area contributed by atoms with Crippen LogP contribution in [-0.4, -0.2) is 14.3 Å². The van der Waals surface area contributed by atoms with Crippen molar-refractivity contribution in [2.45, 2.75) is 4.90 Å². The number of primary amides is 1. The number of hydrogen-bond acceptors (Lipinski definition) is 3. The van der Waals surface area contributed by atoms with Crippen LogP contribution in [0.2, 0.25) is 0 Å². The summed E-state index contributed by atoms with van der Waals surface area (Å²) < 4.78 is 23.2. The van der Waals surface area contributed by atoms with Gasteiger partial charge < -0.3 is 5.73 Å². The van der Waals surface area contributed by atoms with Gasteiger partial charge in [0.15, 0.2) is 0 Å². The lowest BCUT2D eigenvalue weighted by atomic mass is 9.99. The summed E-state index contributed by atoms with van der Waals surface area (Å²) in [5, 5.41) is 6.50. The number of sulfonamides is 1. The molecule has 2 rings (SSSR count). The van der Waals surface area contributed by atoms with E-state index in [4.69, 9.17) is 10.9 Å². The lowest BCUT2D eigenvalue weighted by Gasteiger charge is -2.12. The van der Waals surface area contributed by atoms with Gasteiger partial charge in [0.05, 0.1) is 4.90 Å². The summed E-state index contributed by atoms with van der Waals surface area (Å²) in [7, 11) is -3.97. The second-order valence-electron chi connectivity index (χ2n) is 4.05. The van der Waals surface area contributed by atoms with Crippen LogP contribution in [0.1, 0.15) is 5.56 Å². The first-order valence-electron chi connectivity index (χ1n) is 5.36. The molecule has 6 heteroatoms. The molecule has 0 aliphatic rings. The predicted octanol–water partition coefficient (Wildman–Crippen LogP) is 0.986. The van der Waals surface area contributed by atoms with Gasteiger partial charge in [-0.25, -0.2) is 13.6 Å². The molecular weight excluding hydrogens is 264 g/mol. The zero-order valence-corrected chi connectivity index (χ0v) is 10.8. The summed E-state index contributed by atoms with van der Waals surface area (Å²) >= 11 is 0. The number of carbonyl (C=O) groups is 1. The molecule has 0 fully saturated rings. The minimum atomic E-state index is -3.97. The van der Waals surface area contributed by atoms with Gasteiger partial charge in [0.1, 0.15) is 0 Å². The van der Waals surface area contributed by atoms with E-state index in [2.05, 4.69) is 6.58 Å². The predicted molar refractivity (Wildman–Crippen MR) is 73.5 cm³/mol. The minimum Gasteiger partial charge on any atom is -0.366 e. The average molecular weight is 276 g/mol. The van der Waals surface area contributed by atoms with E-state index >= 15 is 0 Å². The Balaban J connectivity index is 2.96. The molecule has 0 aliphatic carbocycles. The maximum atomic E-state index is 11.6. The number of rotatable bonds is 3. The molecule has 0 heterocycles. The molecule has 0 aromatic heterocycles. The van der Waals surface area contributed by atoms with Crippen LogP contribution >= 0.6 is 0 Å². The van der Waals surface area contributed by atoms with Gasteiger partial charge in [-0.2, -0.15) is 0 Å². The largest absolute Gasteiger partial charge is 0.366 e. The van der Waals surface area contributed by atoms with Crippen molar-refractivity contribution in [1.29, 1.82) is 0 Å².